The molecule has 0 fully saturated rings. The van der Waals surface area contributed by atoms with Gasteiger partial charge in [-0.2, -0.15) is 0 Å². The molecule has 0 spiro atoms. The molecule has 0 bridgehead atoms. The zero-order valence-corrected chi connectivity index (χ0v) is 12.0. The highest BCUT2D eigenvalue weighted by Crippen LogP contribution is 2.29. The van der Waals surface area contributed by atoms with Crippen molar-refractivity contribution in [2.45, 2.75) is 20.4 Å². The molecule has 2 rings (SSSR count). The third-order valence-electron chi connectivity index (χ3n) is 2.69. The van der Waals surface area contributed by atoms with Crippen molar-refractivity contribution in [3.8, 4) is 11.6 Å². The average Bonchev–Trinajstić information content (AvgIpc) is 2.33. The Morgan fingerprint density at radius 3 is 2.61 bits per heavy atom. The van der Waals surface area contributed by atoms with Crippen LogP contribution in [0.2, 0.25) is 0 Å². The van der Waals surface area contributed by atoms with E-state index >= 15 is 0 Å². The van der Waals surface area contributed by atoms with E-state index < -0.39 is 0 Å². The Morgan fingerprint density at radius 1 is 1.22 bits per heavy atom. The summed E-state index contributed by atoms with van der Waals surface area (Å²) in [6.45, 7) is 4.46. The molecule has 1 aromatic carbocycles. The lowest BCUT2D eigenvalue weighted by Gasteiger charge is -2.09. The molecule has 1 heterocycles. The van der Waals surface area contributed by atoms with Gasteiger partial charge in [0.15, 0.2) is 0 Å². The standard InChI is InChI=1S/C14H15BrN2O/c1-9-3-5-13(12(15)7-9)18-14-6-4-11(8-16)10(2)17-14/h3-7H,8,16H2,1-2H3. The van der Waals surface area contributed by atoms with Crippen LogP contribution in [0.5, 0.6) is 11.6 Å². The van der Waals surface area contributed by atoms with Crippen molar-refractivity contribution in [2.75, 3.05) is 0 Å². The number of nitrogens with two attached hydrogens (primary N) is 1. The van der Waals surface area contributed by atoms with Crippen LogP contribution in [0.1, 0.15) is 16.8 Å². The first kappa shape index (κ1) is 13.1. The monoisotopic (exact) mass is 306 g/mol. The number of pyridine rings is 1. The number of halogens is 1. The van der Waals surface area contributed by atoms with Crippen LogP contribution in [-0.4, -0.2) is 4.98 Å². The van der Waals surface area contributed by atoms with Crippen molar-refractivity contribution < 1.29 is 4.74 Å². The molecule has 0 saturated heterocycles. The third kappa shape index (κ3) is 2.89. The van der Waals surface area contributed by atoms with Gasteiger partial charge in [0.25, 0.3) is 0 Å². The Hall–Kier alpha value is -1.39. The highest BCUT2D eigenvalue weighted by atomic mass is 79.9. The third-order valence-corrected chi connectivity index (χ3v) is 3.31. The molecule has 0 atom stereocenters. The molecule has 2 N–H and O–H groups in total. The van der Waals surface area contributed by atoms with Crippen molar-refractivity contribution in [3.63, 3.8) is 0 Å². The second kappa shape index (κ2) is 5.50. The molecule has 0 saturated carbocycles. The predicted octanol–water partition coefficient (Wildman–Crippen LogP) is 3.71. The fourth-order valence-electron chi connectivity index (χ4n) is 1.64. The number of hydrogen-bond acceptors (Lipinski definition) is 3. The lowest BCUT2D eigenvalue weighted by molar-refractivity contribution is 0.458. The van der Waals surface area contributed by atoms with Crippen molar-refractivity contribution in [1.29, 1.82) is 0 Å². The van der Waals surface area contributed by atoms with Gasteiger partial charge in [-0.3, -0.25) is 0 Å². The summed E-state index contributed by atoms with van der Waals surface area (Å²) in [6.07, 6.45) is 0. The molecule has 0 unspecified atom stereocenters. The normalized spacial score (nSPS) is 10.4. The summed E-state index contributed by atoms with van der Waals surface area (Å²) in [7, 11) is 0. The van der Waals surface area contributed by atoms with Gasteiger partial charge in [0.1, 0.15) is 5.75 Å². The van der Waals surface area contributed by atoms with E-state index in [9.17, 15) is 0 Å². The Morgan fingerprint density at radius 2 is 2.00 bits per heavy atom. The van der Waals surface area contributed by atoms with Crippen LogP contribution in [0, 0.1) is 13.8 Å². The summed E-state index contributed by atoms with van der Waals surface area (Å²) in [5.41, 5.74) is 8.72. The number of benzene rings is 1. The van der Waals surface area contributed by atoms with Crippen LogP contribution < -0.4 is 10.5 Å². The number of aryl methyl sites for hydroxylation is 2. The highest BCUT2D eigenvalue weighted by Gasteiger charge is 2.05. The minimum absolute atomic E-state index is 0.493. The van der Waals surface area contributed by atoms with Crippen LogP contribution in [-0.2, 0) is 6.54 Å². The summed E-state index contributed by atoms with van der Waals surface area (Å²) in [5.74, 6) is 1.34. The van der Waals surface area contributed by atoms with E-state index in [0.717, 1.165) is 21.5 Å². The summed E-state index contributed by atoms with van der Waals surface area (Å²) >= 11 is 3.48. The summed E-state index contributed by atoms with van der Waals surface area (Å²) in [6, 6.07) is 9.71. The molecular formula is C14H15BrN2O. The first-order valence-electron chi connectivity index (χ1n) is 5.70. The number of hydrogen-bond donors (Lipinski definition) is 1. The van der Waals surface area contributed by atoms with Gasteiger partial charge in [0.05, 0.1) is 4.47 Å². The largest absolute Gasteiger partial charge is 0.438 e. The van der Waals surface area contributed by atoms with Crippen molar-refractivity contribution in [2.24, 2.45) is 5.73 Å². The Balaban J connectivity index is 2.26. The molecule has 1 aromatic heterocycles. The molecule has 0 aliphatic carbocycles. The predicted molar refractivity (Wildman–Crippen MR) is 75.8 cm³/mol. The van der Waals surface area contributed by atoms with Crippen LogP contribution in [0.3, 0.4) is 0 Å². The molecule has 0 radical (unpaired) electrons. The smallest absolute Gasteiger partial charge is 0.219 e. The fourth-order valence-corrected chi connectivity index (χ4v) is 2.21. The molecule has 94 valence electrons. The first-order valence-corrected chi connectivity index (χ1v) is 6.50. The van der Waals surface area contributed by atoms with E-state index in [1.807, 2.05) is 44.2 Å². The van der Waals surface area contributed by atoms with E-state index in [4.69, 9.17) is 10.5 Å². The Kier molecular flexibility index (Phi) is 3.99. The highest BCUT2D eigenvalue weighted by molar-refractivity contribution is 9.10. The van der Waals surface area contributed by atoms with E-state index in [0.29, 0.717) is 12.4 Å². The molecule has 0 aliphatic rings. The van der Waals surface area contributed by atoms with Crippen LogP contribution in [0.15, 0.2) is 34.8 Å². The van der Waals surface area contributed by atoms with Crippen LogP contribution >= 0.6 is 15.9 Å². The lowest BCUT2D eigenvalue weighted by Crippen LogP contribution is -2.01. The maximum Gasteiger partial charge on any atom is 0.219 e. The summed E-state index contributed by atoms with van der Waals surface area (Å²) in [5, 5.41) is 0. The minimum atomic E-state index is 0.493. The quantitative estimate of drug-likeness (QED) is 0.940. The van der Waals surface area contributed by atoms with Gasteiger partial charge >= 0.3 is 0 Å². The molecule has 18 heavy (non-hydrogen) atoms. The molecule has 4 heteroatoms. The maximum absolute atomic E-state index is 5.75. The van der Waals surface area contributed by atoms with E-state index in [2.05, 4.69) is 20.9 Å². The number of nitrogens with zero attached hydrogens (tertiary/aromatic N) is 1. The second-order valence-corrected chi connectivity index (χ2v) is 4.99. The zero-order chi connectivity index (χ0) is 13.1. The molecule has 0 amide bonds. The molecule has 3 nitrogen and oxygen atoms in total. The van der Waals surface area contributed by atoms with Gasteiger partial charge in [-0.05, 0) is 53.0 Å². The maximum atomic E-state index is 5.75. The number of aromatic nitrogens is 1. The van der Waals surface area contributed by atoms with E-state index in [-0.39, 0.29) is 0 Å². The fraction of sp³-hybridized carbons (Fsp3) is 0.214. The molecule has 2 aromatic rings. The number of ether oxygens (including phenoxy) is 1. The Bertz CT molecular complexity index is 570. The SMILES string of the molecule is Cc1ccc(Oc2ccc(CN)c(C)n2)c(Br)c1. The van der Waals surface area contributed by atoms with E-state index in [1.54, 1.807) is 0 Å². The van der Waals surface area contributed by atoms with Gasteiger partial charge in [-0.25, -0.2) is 4.98 Å². The zero-order valence-electron chi connectivity index (χ0n) is 10.4. The van der Waals surface area contributed by atoms with Gasteiger partial charge < -0.3 is 10.5 Å². The number of rotatable bonds is 3. The van der Waals surface area contributed by atoms with Gasteiger partial charge in [0, 0.05) is 18.3 Å². The molecule has 0 aliphatic heterocycles. The summed E-state index contributed by atoms with van der Waals surface area (Å²) < 4.78 is 6.67. The van der Waals surface area contributed by atoms with E-state index in [1.165, 1.54) is 5.56 Å². The molecular weight excluding hydrogens is 292 g/mol. The van der Waals surface area contributed by atoms with Crippen molar-refractivity contribution in [3.05, 3.63) is 51.6 Å². The Labute approximate surface area is 115 Å². The first-order chi connectivity index (χ1) is 8.60. The van der Waals surface area contributed by atoms with Crippen molar-refractivity contribution >= 4 is 15.9 Å². The van der Waals surface area contributed by atoms with Gasteiger partial charge in [-0.1, -0.05) is 12.1 Å². The van der Waals surface area contributed by atoms with Crippen LogP contribution in [0.4, 0.5) is 0 Å². The lowest BCUT2D eigenvalue weighted by atomic mass is 10.2. The summed E-state index contributed by atoms with van der Waals surface area (Å²) in [4.78, 5) is 4.38. The second-order valence-electron chi connectivity index (χ2n) is 4.13. The van der Waals surface area contributed by atoms with Crippen LogP contribution in [0.25, 0.3) is 0 Å². The average molecular weight is 307 g/mol. The van der Waals surface area contributed by atoms with Crippen molar-refractivity contribution in [1.82, 2.24) is 4.98 Å². The van der Waals surface area contributed by atoms with Gasteiger partial charge in [-0.15, -0.1) is 0 Å². The topological polar surface area (TPSA) is 48.1 Å². The minimum Gasteiger partial charge on any atom is -0.438 e. The van der Waals surface area contributed by atoms with Gasteiger partial charge in [0.2, 0.25) is 5.88 Å².